The first-order valence-corrected chi connectivity index (χ1v) is 9.19. The van der Waals surface area contributed by atoms with Gasteiger partial charge in [0.2, 0.25) is 0 Å². The molecule has 2 N–H and O–H groups in total. The van der Waals surface area contributed by atoms with Gasteiger partial charge in [0.05, 0.1) is 12.8 Å². The van der Waals surface area contributed by atoms with E-state index >= 15 is 0 Å². The molecule has 0 amide bonds. The van der Waals surface area contributed by atoms with Crippen LogP contribution in [-0.4, -0.2) is 48.3 Å². The maximum atomic E-state index is 5.90. The number of hydrogen-bond donors (Lipinski definition) is 2. The van der Waals surface area contributed by atoms with E-state index in [1.807, 2.05) is 45.0 Å². The highest BCUT2D eigenvalue weighted by molar-refractivity contribution is 7.80. The van der Waals surface area contributed by atoms with Gasteiger partial charge in [-0.3, -0.25) is 5.43 Å². The average molecular weight is 391 g/mol. The molecule has 2 saturated heterocycles. The number of thiocarbonyl (C=S) groups is 1. The van der Waals surface area contributed by atoms with Gasteiger partial charge in [-0.25, -0.2) is 0 Å². The summed E-state index contributed by atoms with van der Waals surface area (Å²) in [5.74, 6) is -0.703. The Bertz CT molecular complexity index is 707. The smallest absolute Gasteiger partial charge is 0.191 e. The highest BCUT2D eigenvalue weighted by atomic mass is 32.1. The van der Waals surface area contributed by atoms with Crippen LogP contribution in [0.25, 0.3) is 0 Å². The molecule has 0 spiro atoms. The summed E-state index contributed by atoms with van der Waals surface area (Å²) in [4.78, 5) is 0. The number of hydrazone groups is 1. The number of nitrogens with one attached hydrogen (secondary N) is 2. The summed E-state index contributed by atoms with van der Waals surface area (Å²) in [7, 11) is 0. The fraction of sp³-hybridized carbons (Fsp3) is 0.474. The van der Waals surface area contributed by atoms with E-state index in [0.717, 1.165) is 5.69 Å². The van der Waals surface area contributed by atoms with Crippen LogP contribution in [0.1, 0.15) is 19.4 Å². The van der Waals surface area contributed by atoms with Gasteiger partial charge in [-0.1, -0.05) is 23.8 Å². The van der Waals surface area contributed by atoms with Crippen LogP contribution in [0.3, 0.4) is 0 Å². The van der Waals surface area contributed by atoms with Gasteiger partial charge >= 0.3 is 0 Å². The van der Waals surface area contributed by atoms with Gasteiger partial charge in [0.15, 0.2) is 17.2 Å². The Morgan fingerprint density at radius 1 is 1.33 bits per heavy atom. The third-order valence-corrected chi connectivity index (χ3v) is 4.32. The molecule has 1 aromatic carbocycles. The van der Waals surface area contributed by atoms with E-state index in [-0.39, 0.29) is 12.2 Å². The third-order valence-electron chi connectivity index (χ3n) is 4.13. The predicted molar refractivity (Wildman–Crippen MR) is 108 cm³/mol. The lowest BCUT2D eigenvalue weighted by Gasteiger charge is -2.23. The highest BCUT2D eigenvalue weighted by Gasteiger charge is 2.55. The molecule has 2 aliphatic heterocycles. The van der Waals surface area contributed by atoms with Gasteiger partial charge in [0, 0.05) is 5.69 Å². The number of anilines is 1. The first-order chi connectivity index (χ1) is 12.9. The second-order valence-electron chi connectivity index (χ2n) is 6.87. The molecule has 2 heterocycles. The molecule has 0 aliphatic carbocycles. The molecule has 0 bridgehead atoms. The second kappa shape index (κ2) is 8.45. The molecule has 4 atom stereocenters. The summed E-state index contributed by atoms with van der Waals surface area (Å²) >= 11 is 5.25. The van der Waals surface area contributed by atoms with Crippen molar-refractivity contribution in [1.82, 2.24) is 5.43 Å². The molecule has 3 rings (SSSR count). The van der Waals surface area contributed by atoms with Gasteiger partial charge in [0.1, 0.15) is 18.3 Å². The van der Waals surface area contributed by atoms with E-state index in [2.05, 4.69) is 22.4 Å². The summed E-state index contributed by atoms with van der Waals surface area (Å²) in [5.41, 5.74) is 4.85. The van der Waals surface area contributed by atoms with E-state index in [9.17, 15) is 0 Å². The zero-order valence-electron chi connectivity index (χ0n) is 15.7. The fourth-order valence-corrected chi connectivity index (χ4v) is 3.13. The standard InChI is InChI=1S/C19H25N3O4S/c1-5-10-23-15-14(24-17-16(15)25-19(3,4)26-17)11-20-22-18(27)21-13-8-6-12(2)7-9-13/h5-9,11,14-17H,1,10H2,2-4H3,(H2,21,22,27)/b20-11+/t14-,15+,16-,17-/m1/s1. The minimum Gasteiger partial charge on any atom is -0.368 e. The maximum absolute atomic E-state index is 5.90. The minimum absolute atomic E-state index is 0.325. The number of aryl methyl sites for hydroxylation is 1. The molecule has 2 aliphatic rings. The van der Waals surface area contributed by atoms with Crippen LogP contribution in [0.15, 0.2) is 42.0 Å². The zero-order valence-corrected chi connectivity index (χ0v) is 16.5. The molecular formula is C19H25N3O4S. The lowest BCUT2D eigenvalue weighted by Crippen LogP contribution is -2.38. The number of hydrogen-bond acceptors (Lipinski definition) is 6. The van der Waals surface area contributed by atoms with Gasteiger partial charge < -0.3 is 24.3 Å². The van der Waals surface area contributed by atoms with Crippen LogP contribution < -0.4 is 10.7 Å². The molecule has 0 radical (unpaired) electrons. The summed E-state index contributed by atoms with van der Waals surface area (Å²) in [6.45, 7) is 9.78. The Balaban J connectivity index is 1.56. The summed E-state index contributed by atoms with van der Waals surface area (Å²) < 4.78 is 23.4. The molecule has 2 fully saturated rings. The summed E-state index contributed by atoms with van der Waals surface area (Å²) in [6.07, 6.45) is 1.69. The molecule has 0 aromatic heterocycles. The lowest BCUT2D eigenvalue weighted by molar-refractivity contribution is -0.208. The molecule has 0 unspecified atom stereocenters. The first-order valence-electron chi connectivity index (χ1n) is 8.78. The number of ether oxygens (including phenoxy) is 4. The van der Waals surface area contributed by atoms with Gasteiger partial charge in [-0.05, 0) is 45.1 Å². The van der Waals surface area contributed by atoms with Crippen molar-refractivity contribution < 1.29 is 18.9 Å². The van der Waals surface area contributed by atoms with Crippen LogP contribution in [-0.2, 0) is 18.9 Å². The van der Waals surface area contributed by atoms with Crippen molar-refractivity contribution in [2.75, 3.05) is 11.9 Å². The normalized spacial score (nSPS) is 28.9. The molecule has 1 aromatic rings. The summed E-state index contributed by atoms with van der Waals surface area (Å²) in [6, 6.07) is 7.90. The van der Waals surface area contributed by atoms with Crippen molar-refractivity contribution in [2.24, 2.45) is 5.10 Å². The number of benzene rings is 1. The van der Waals surface area contributed by atoms with E-state index in [0.29, 0.717) is 11.7 Å². The van der Waals surface area contributed by atoms with Crippen LogP contribution >= 0.6 is 12.2 Å². The van der Waals surface area contributed by atoms with E-state index in [4.69, 9.17) is 31.2 Å². The molecule has 8 heteroatoms. The van der Waals surface area contributed by atoms with Gasteiger partial charge in [-0.2, -0.15) is 5.10 Å². The van der Waals surface area contributed by atoms with Crippen LogP contribution in [0, 0.1) is 6.92 Å². The van der Waals surface area contributed by atoms with Crippen LogP contribution in [0.2, 0.25) is 0 Å². The highest BCUT2D eigenvalue weighted by Crippen LogP contribution is 2.38. The van der Waals surface area contributed by atoms with Crippen molar-refractivity contribution in [2.45, 2.75) is 51.2 Å². The SMILES string of the molecule is C=CCO[C@@H]1[C@H]2OC(C)(C)O[C@H]2O[C@@H]1/C=N/NC(=S)Nc1ccc(C)cc1. The number of fused-ring (bicyclic) bond motifs is 1. The van der Waals surface area contributed by atoms with Gasteiger partial charge in [0.25, 0.3) is 0 Å². The number of nitrogens with zero attached hydrogens (tertiary/aromatic N) is 1. The maximum Gasteiger partial charge on any atom is 0.191 e. The molecule has 0 saturated carbocycles. The molecule has 7 nitrogen and oxygen atoms in total. The fourth-order valence-electron chi connectivity index (χ4n) is 2.96. The minimum atomic E-state index is -0.703. The topological polar surface area (TPSA) is 73.3 Å². The van der Waals surface area contributed by atoms with Crippen molar-refractivity contribution in [3.05, 3.63) is 42.5 Å². The van der Waals surface area contributed by atoms with Crippen molar-refractivity contribution in [1.29, 1.82) is 0 Å². The van der Waals surface area contributed by atoms with Crippen LogP contribution in [0.5, 0.6) is 0 Å². The second-order valence-corrected chi connectivity index (χ2v) is 7.27. The monoisotopic (exact) mass is 391 g/mol. The van der Waals surface area contributed by atoms with E-state index < -0.39 is 18.2 Å². The quantitative estimate of drug-likeness (QED) is 0.334. The van der Waals surface area contributed by atoms with Crippen molar-refractivity contribution in [3.63, 3.8) is 0 Å². The Labute approximate surface area is 164 Å². The average Bonchev–Trinajstić information content (AvgIpc) is 3.06. The largest absolute Gasteiger partial charge is 0.368 e. The van der Waals surface area contributed by atoms with E-state index in [1.54, 1.807) is 12.3 Å². The van der Waals surface area contributed by atoms with Gasteiger partial charge in [-0.15, -0.1) is 6.58 Å². The Morgan fingerprint density at radius 2 is 2.07 bits per heavy atom. The van der Waals surface area contributed by atoms with Crippen LogP contribution in [0.4, 0.5) is 5.69 Å². The third kappa shape index (κ3) is 5.12. The number of rotatable bonds is 6. The van der Waals surface area contributed by atoms with Crippen molar-refractivity contribution in [3.8, 4) is 0 Å². The molecular weight excluding hydrogens is 366 g/mol. The molecule has 27 heavy (non-hydrogen) atoms. The Morgan fingerprint density at radius 3 is 2.78 bits per heavy atom. The first kappa shape index (κ1) is 19.9. The zero-order chi connectivity index (χ0) is 19.4. The lowest BCUT2D eigenvalue weighted by atomic mass is 10.1. The Kier molecular flexibility index (Phi) is 6.23. The van der Waals surface area contributed by atoms with Crippen molar-refractivity contribution >= 4 is 29.2 Å². The molecule has 146 valence electrons. The predicted octanol–water partition coefficient (Wildman–Crippen LogP) is 2.71. The van der Waals surface area contributed by atoms with E-state index in [1.165, 1.54) is 5.56 Å². The summed E-state index contributed by atoms with van der Waals surface area (Å²) in [5, 5.41) is 7.61. The Hall–Kier alpha value is -1.84.